The van der Waals surface area contributed by atoms with Crippen LogP contribution in [-0.4, -0.2) is 44.5 Å². The van der Waals surface area contributed by atoms with E-state index in [1.165, 1.54) is 0 Å². The number of rotatable bonds is 7. The number of fused-ring (bicyclic) bond motifs is 2. The first kappa shape index (κ1) is 20.9. The van der Waals surface area contributed by atoms with Gasteiger partial charge in [0.05, 0.1) is 29.7 Å². The van der Waals surface area contributed by atoms with Gasteiger partial charge in [-0.3, -0.25) is 0 Å². The molecule has 0 aliphatic carbocycles. The lowest BCUT2D eigenvalue weighted by molar-refractivity contribution is 0.0527. The summed E-state index contributed by atoms with van der Waals surface area (Å²) in [5, 5.41) is 11.4. The van der Waals surface area contributed by atoms with Crippen LogP contribution in [-0.2, 0) is 18.3 Å². The van der Waals surface area contributed by atoms with Gasteiger partial charge in [0.1, 0.15) is 24.3 Å². The molecule has 162 valence electrons. The van der Waals surface area contributed by atoms with Crippen molar-refractivity contribution < 1.29 is 19.4 Å². The molecule has 0 radical (unpaired) electrons. The lowest BCUT2D eigenvalue weighted by Crippen LogP contribution is -2.24. The van der Waals surface area contributed by atoms with E-state index in [0.717, 1.165) is 33.5 Å². The summed E-state index contributed by atoms with van der Waals surface area (Å²) in [5.74, 6) is 1.10. The predicted octanol–water partition coefficient (Wildman–Crippen LogP) is 3.76. The Morgan fingerprint density at radius 3 is 2.71 bits per heavy atom. The van der Waals surface area contributed by atoms with Crippen LogP contribution in [0, 0.1) is 13.8 Å². The van der Waals surface area contributed by atoms with Gasteiger partial charge in [0, 0.05) is 23.6 Å². The van der Waals surface area contributed by atoms with Gasteiger partial charge in [0.2, 0.25) is 0 Å². The quantitative estimate of drug-likeness (QED) is 0.460. The first-order valence-corrected chi connectivity index (χ1v) is 10.4. The van der Waals surface area contributed by atoms with Gasteiger partial charge in [-0.2, -0.15) is 0 Å². The van der Waals surface area contributed by atoms with Crippen LogP contribution in [0.25, 0.3) is 21.9 Å². The topological polar surface area (TPSA) is 78.5 Å². The first-order valence-electron chi connectivity index (χ1n) is 10.4. The monoisotopic (exact) mass is 421 g/mol. The van der Waals surface area contributed by atoms with Crippen LogP contribution in [0.5, 0.6) is 5.75 Å². The molecular weight excluding hydrogens is 394 g/mol. The van der Waals surface area contributed by atoms with E-state index in [2.05, 4.69) is 4.98 Å². The maximum absolute atomic E-state index is 12.5. The van der Waals surface area contributed by atoms with Gasteiger partial charge in [-0.05, 0) is 51.1 Å². The third kappa shape index (κ3) is 3.88. The zero-order valence-electron chi connectivity index (χ0n) is 18.3. The van der Waals surface area contributed by atoms with E-state index in [1.807, 2.05) is 72.5 Å². The molecular formula is C24H27N3O4. The van der Waals surface area contributed by atoms with Gasteiger partial charge in [0.15, 0.2) is 0 Å². The highest BCUT2D eigenvalue weighted by Crippen LogP contribution is 2.29. The first-order chi connectivity index (χ1) is 14.9. The minimum atomic E-state index is -0.714. The molecule has 0 unspecified atom stereocenters. The average molecular weight is 421 g/mol. The molecule has 7 nitrogen and oxygen atoms in total. The van der Waals surface area contributed by atoms with Crippen LogP contribution < -0.4 is 4.74 Å². The van der Waals surface area contributed by atoms with Gasteiger partial charge in [-0.15, -0.1) is 0 Å². The number of aliphatic hydroxyl groups excluding tert-OH is 1. The van der Waals surface area contributed by atoms with E-state index in [-0.39, 0.29) is 12.6 Å². The molecule has 7 heteroatoms. The summed E-state index contributed by atoms with van der Waals surface area (Å²) in [6.07, 6.45) is -0.714. The highest BCUT2D eigenvalue weighted by molar-refractivity contribution is 6.06. The van der Waals surface area contributed by atoms with Crippen molar-refractivity contribution in [3.05, 3.63) is 59.5 Å². The van der Waals surface area contributed by atoms with E-state index < -0.39 is 6.10 Å². The number of ether oxygens (including phenoxy) is 2. The number of aryl methyl sites for hydroxylation is 2. The van der Waals surface area contributed by atoms with Crippen LogP contribution in [0.3, 0.4) is 0 Å². The molecule has 2 aromatic carbocycles. The Bertz CT molecular complexity index is 1250. The molecule has 0 saturated carbocycles. The van der Waals surface area contributed by atoms with Crippen molar-refractivity contribution in [3.63, 3.8) is 0 Å². The SMILES string of the molecule is CCOC(=O)c1c(C)n(C)c2ccc(OC[C@@H](O)Cn3c(C)nc4ccccc43)cc12. The summed E-state index contributed by atoms with van der Waals surface area (Å²) in [5.41, 5.74) is 4.21. The number of nitrogens with zero attached hydrogens (tertiary/aromatic N) is 3. The fraction of sp³-hybridized carbons (Fsp3) is 0.333. The van der Waals surface area contributed by atoms with Gasteiger partial charge in [0.25, 0.3) is 0 Å². The van der Waals surface area contributed by atoms with E-state index in [1.54, 1.807) is 6.92 Å². The summed E-state index contributed by atoms with van der Waals surface area (Å²) in [7, 11) is 1.92. The predicted molar refractivity (Wildman–Crippen MR) is 120 cm³/mol. The summed E-state index contributed by atoms with van der Waals surface area (Å²) < 4.78 is 15.1. The minimum absolute atomic E-state index is 0.123. The molecule has 0 aliphatic rings. The number of imidazole rings is 1. The van der Waals surface area contributed by atoms with Crippen LogP contribution in [0.1, 0.15) is 28.8 Å². The number of carbonyl (C=O) groups is 1. The molecule has 4 rings (SSSR count). The molecule has 0 amide bonds. The second-order valence-corrected chi connectivity index (χ2v) is 7.64. The summed E-state index contributed by atoms with van der Waals surface area (Å²) in [6, 6.07) is 13.5. The van der Waals surface area contributed by atoms with Crippen LogP contribution in [0.2, 0.25) is 0 Å². The highest BCUT2D eigenvalue weighted by Gasteiger charge is 2.20. The Morgan fingerprint density at radius 1 is 1.16 bits per heavy atom. The molecule has 0 fully saturated rings. The Balaban J connectivity index is 1.53. The number of hydrogen-bond donors (Lipinski definition) is 1. The van der Waals surface area contributed by atoms with E-state index in [9.17, 15) is 9.90 Å². The van der Waals surface area contributed by atoms with Crippen molar-refractivity contribution in [2.75, 3.05) is 13.2 Å². The minimum Gasteiger partial charge on any atom is -0.491 e. The number of hydrogen-bond acceptors (Lipinski definition) is 5. The van der Waals surface area contributed by atoms with Crippen molar-refractivity contribution >= 4 is 27.9 Å². The van der Waals surface area contributed by atoms with Crippen molar-refractivity contribution in [3.8, 4) is 5.75 Å². The molecule has 1 N–H and O–H groups in total. The third-order valence-electron chi connectivity index (χ3n) is 5.62. The molecule has 1 atom stereocenters. The molecule has 2 aromatic heterocycles. The van der Waals surface area contributed by atoms with E-state index in [4.69, 9.17) is 9.47 Å². The number of esters is 1. The number of carbonyl (C=O) groups excluding carboxylic acids is 1. The molecule has 31 heavy (non-hydrogen) atoms. The smallest absolute Gasteiger partial charge is 0.340 e. The number of aliphatic hydroxyl groups is 1. The van der Waals surface area contributed by atoms with Gasteiger partial charge in [-0.25, -0.2) is 9.78 Å². The highest BCUT2D eigenvalue weighted by atomic mass is 16.5. The number of benzene rings is 2. The van der Waals surface area contributed by atoms with Crippen LogP contribution in [0.4, 0.5) is 0 Å². The van der Waals surface area contributed by atoms with E-state index >= 15 is 0 Å². The standard InChI is InChI=1S/C24H27N3O4/c1-5-30-24(29)23-15(2)26(4)21-11-10-18(12-19(21)23)31-14-17(28)13-27-16(3)25-20-8-6-7-9-22(20)27/h6-12,17,28H,5,13-14H2,1-4H3/t17-/m0/s1. The van der Waals surface area contributed by atoms with Crippen molar-refractivity contribution in [1.82, 2.24) is 14.1 Å². The normalized spacial score (nSPS) is 12.4. The van der Waals surface area contributed by atoms with Crippen molar-refractivity contribution in [1.29, 1.82) is 0 Å². The van der Waals surface area contributed by atoms with Crippen molar-refractivity contribution in [2.45, 2.75) is 33.4 Å². The Morgan fingerprint density at radius 2 is 1.94 bits per heavy atom. The molecule has 2 heterocycles. The third-order valence-corrected chi connectivity index (χ3v) is 5.62. The fourth-order valence-corrected chi connectivity index (χ4v) is 3.98. The second kappa shape index (κ2) is 8.43. The average Bonchev–Trinajstić information content (AvgIpc) is 3.20. The largest absolute Gasteiger partial charge is 0.491 e. The molecule has 0 spiro atoms. The van der Waals surface area contributed by atoms with Crippen LogP contribution >= 0.6 is 0 Å². The van der Waals surface area contributed by atoms with Gasteiger partial charge >= 0.3 is 5.97 Å². The van der Waals surface area contributed by atoms with Crippen molar-refractivity contribution in [2.24, 2.45) is 7.05 Å². The maximum Gasteiger partial charge on any atom is 0.340 e. The molecule has 0 saturated heterocycles. The molecule has 4 aromatic rings. The Labute approximate surface area is 180 Å². The number of aromatic nitrogens is 3. The zero-order valence-corrected chi connectivity index (χ0v) is 18.3. The van der Waals surface area contributed by atoms with Gasteiger partial charge < -0.3 is 23.7 Å². The lowest BCUT2D eigenvalue weighted by atomic mass is 10.1. The lowest BCUT2D eigenvalue weighted by Gasteiger charge is -2.15. The summed E-state index contributed by atoms with van der Waals surface area (Å²) >= 11 is 0. The number of para-hydroxylation sites is 2. The molecule has 0 aliphatic heterocycles. The maximum atomic E-state index is 12.5. The van der Waals surface area contributed by atoms with E-state index in [0.29, 0.717) is 24.5 Å². The summed E-state index contributed by atoms with van der Waals surface area (Å²) in [4.78, 5) is 17.0. The Hall–Kier alpha value is -3.32. The van der Waals surface area contributed by atoms with Crippen LogP contribution in [0.15, 0.2) is 42.5 Å². The molecule has 0 bridgehead atoms. The van der Waals surface area contributed by atoms with Gasteiger partial charge in [-0.1, -0.05) is 12.1 Å². The summed E-state index contributed by atoms with van der Waals surface area (Å²) in [6.45, 7) is 6.44. The second-order valence-electron chi connectivity index (χ2n) is 7.64. The Kier molecular flexibility index (Phi) is 5.69. The zero-order chi connectivity index (χ0) is 22.1. The fourth-order valence-electron chi connectivity index (χ4n) is 3.98.